The zero-order chi connectivity index (χ0) is 19.9. The molecule has 3 aromatic rings. The summed E-state index contributed by atoms with van der Waals surface area (Å²) in [5.41, 5.74) is 1.53. The van der Waals surface area contributed by atoms with Crippen molar-refractivity contribution in [2.24, 2.45) is 0 Å². The zero-order valence-corrected chi connectivity index (χ0v) is 16.6. The summed E-state index contributed by atoms with van der Waals surface area (Å²) in [6, 6.07) is 13.8. The van der Waals surface area contributed by atoms with Crippen molar-refractivity contribution >= 4 is 29.3 Å². The molecule has 3 rings (SSSR count). The molecule has 1 N–H and O–H groups in total. The van der Waals surface area contributed by atoms with E-state index in [1.54, 1.807) is 25.3 Å². The van der Waals surface area contributed by atoms with Gasteiger partial charge in [-0.1, -0.05) is 53.7 Å². The van der Waals surface area contributed by atoms with E-state index in [1.807, 2.05) is 24.3 Å². The number of hydrogen-bond donors (Lipinski definition) is 1. The molecule has 0 aliphatic carbocycles. The number of rotatable bonds is 7. The Kier molecular flexibility index (Phi) is 6.84. The van der Waals surface area contributed by atoms with Gasteiger partial charge in [0.25, 0.3) is 5.91 Å². The van der Waals surface area contributed by atoms with Gasteiger partial charge in [-0.15, -0.1) is 0 Å². The van der Waals surface area contributed by atoms with Crippen LogP contribution in [-0.4, -0.2) is 23.0 Å². The first kappa shape index (κ1) is 20.1. The van der Waals surface area contributed by atoms with Gasteiger partial charge in [-0.05, 0) is 29.3 Å². The summed E-state index contributed by atoms with van der Waals surface area (Å²) < 4.78 is 18.8. The van der Waals surface area contributed by atoms with E-state index < -0.39 is 5.91 Å². The molecule has 0 fully saturated rings. The van der Waals surface area contributed by atoms with Crippen molar-refractivity contribution < 1.29 is 13.9 Å². The molecule has 1 aromatic heterocycles. The number of carbonyl (C=O) groups excluding carboxylic acids is 1. The Balaban J connectivity index is 1.64. The van der Waals surface area contributed by atoms with Gasteiger partial charge < -0.3 is 10.1 Å². The first-order valence-corrected chi connectivity index (χ1v) is 9.73. The molecular formula is C20H17ClFN3O2S. The van der Waals surface area contributed by atoms with E-state index in [0.29, 0.717) is 23.0 Å². The molecule has 0 saturated carbocycles. The van der Waals surface area contributed by atoms with Crippen molar-refractivity contribution in [2.45, 2.75) is 17.5 Å². The zero-order valence-electron chi connectivity index (χ0n) is 15.0. The summed E-state index contributed by atoms with van der Waals surface area (Å²) in [4.78, 5) is 20.8. The number of carbonyl (C=O) groups is 1. The van der Waals surface area contributed by atoms with E-state index in [2.05, 4.69) is 15.3 Å². The molecule has 0 spiro atoms. The molecule has 144 valence electrons. The topological polar surface area (TPSA) is 64.1 Å². The lowest BCUT2D eigenvalue weighted by molar-refractivity contribution is 0.0945. The van der Waals surface area contributed by atoms with Crippen LogP contribution in [0.15, 0.2) is 59.9 Å². The number of nitrogens with zero attached hydrogens (tertiary/aromatic N) is 2. The third-order valence-electron chi connectivity index (χ3n) is 3.86. The first-order valence-electron chi connectivity index (χ1n) is 8.36. The van der Waals surface area contributed by atoms with E-state index in [-0.39, 0.29) is 16.5 Å². The number of amides is 1. The predicted octanol–water partition coefficient (Wildman–Crippen LogP) is 4.50. The number of nitrogens with one attached hydrogen (secondary N) is 1. The van der Waals surface area contributed by atoms with Gasteiger partial charge in [-0.3, -0.25) is 4.79 Å². The fraction of sp³-hybridized carbons (Fsp3) is 0.150. The Labute approximate surface area is 171 Å². The SMILES string of the molecule is COc1ccc(CNC(=O)c2nc(SCc3ccccc3F)ncc2Cl)cc1. The second kappa shape index (κ2) is 9.52. The smallest absolute Gasteiger partial charge is 0.271 e. The fourth-order valence-electron chi connectivity index (χ4n) is 2.35. The maximum atomic E-state index is 13.7. The quantitative estimate of drug-likeness (QED) is 0.453. The molecule has 1 heterocycles. The highest BCUT2D eigenvalue weighted by Crippen LogP contribution is 2.23. The molecule has 0 radical (unpaired) electrons. The van der Waals surface area contributed by atoms with E-state index in [9.17, 15) is 9.18 Å². The maximum Gasteiger partial charge on any atom is 0.271 e. The molecule has 0 aliphatic heterocycles. The number of methoxy groups -OCH3 is 1. The van der Waals surface area contributed by atoms with Crippen molar-refractivity contribution in [3.8, 4) is 5.75 Å². The average Bonchev–Trinajstić information content (AvgIpc) is 2.72. The highest BCUT2D eigenvalue weighted by molar-refractivity contribution is 7.98. The minimum absolute atomic E-state index is 0.0845. The number of benzene rings is 2. The number of halogens is 2. The summed E-state index contributed by atoms with van der Waals surface area (Å²) >= 11 is 7.31. The van der Waals surface area contributed by atoms with Crippen LogP contribution in [0.5, 0.6) is 5.75 Å². The third kappa shape index (κ3) is 5.21. The van der Waals surface area contributed by atoms with Gasteiger partial charge >= 0.3 is 0 Å². The van der Waals surface area contributed by atoms with Crippen LogP contribution in [0.3, 0.4) is 0 Å². The lowest BCUT2D eigenvalue weighted by Gasteiger charge is -2.08. The molecule has 0 saturated heterocycles. The van der Waals surface area contributed by atoms with Gasteiger partial charge in [-0.25, -0.2) is 14.4 Å². The third-order valence-corrected chi connectivity index (χ3v) is 5.05. The van der Waals surface area contributed by atoms with Crippen LogP contribution in [0.4, 0.5) is 4.39 Å². The monoisotopic (exact) mass is 417 g/mol. The Bertz CT molecular complexity index is 970. The molecule has 0 atom stereocenters. The minimum atomic E-state index is -0.407. The maximum absolute atomic E-state index is 13.7. The van der Waals surface area contributed by atoms with Gasteiger partial charge in [0, 0.05) is 12.3 Å². The molecule has 0 aliphatic rings. The summed E-state index contributed by atoms with van der Waals surface area (Å²) in [5.74, 6) is 0.393. The second-order valence-electron chi connectivity index (χ2n) is 5.76. The first-order chi connectivity index (χ1) is 13.6. The van der Waals surface area contributed by atoms with E-state index >= 15 is 0 Å². The number of thioether (sulfide) groups is 1. The second-order valence-corrected chi connectivity index (χ2v) is 7.11. The Hall–Kier alpha value is -2.64. The van der Waals surface area contributed by atoms with E-state index in [1.165, 1.54) is 24.0 Å². The van der Waals surface area contributed by atoms with Crippen LogP contribution in [0, 0.1) is 5.82 Å². The van der Waals surface area contributed by atoms with Crippen molar-refractivity contribution in [1.29, 1.82) is 0 Å². The van der Waals surface area contributed by atoms with Gasteiger partial charge in [-0.2, -0.15) is 0 Å². The number of hydrogen-bond acceptors (Lipinski definition) is 5. The summed E-state index contributed by atoms with van der Waals surface area (Å²) in [7, 11) is 1.59. The molecular weight excluding hydrogens is 401 g/mol. The standard InChI is InChI=1S/C20H17ClFN3O2S/c1-27-15-8-6-13(7-9-15)10-23-19(26)18-16(21)11-24-20(25-18)28-12-14-4-2-3-5-17(14)22/h2-9,11H,10,12H2,1H3,(H,23,26). The largest absolute Gasteiger partial charge is 0.497 e. The predicted molar refractivity (Wildman–Crippen MR) is 107 cm³/mol. The highest BCUT2D eigenvalue weighted by atomic mass is 35.5. The molecule has 0 unspecified atom stereocenters. The highest BCUT2D eigenvalue weighted by Gasteiger charge is 2.15. The summed E-state index contributed by atoms with van der Waals surface area (Å²) in [6.45, 7) is 0.320. The van der Waals surface area contributed by atoms with Crippen molar-refractivity contribution in [3.05, 3.63) is 82.4 Å². The van der Waals surface area contributed by atoms with Crippen molar-refractivity contribution in [2.75, 3.05) is 7.11 Å². The molecule has 28 heavy (non-hydrogen) atoms. The van der Waals surface area contributed by atoms with Crippen LogP contribution in [0.1, 0.15) is 21.6 Å². The van der Waals surface area contributed by atoms with Crippen molar-refractivity contribution in [1.82, 2.24) is 15.3 Å². The summed E-state index contributed by atoms with van der Waals surface area (Å²) in [6.07, 6.45) is 1.38. The Morgan fingerprint density at radius 2 is 1.96 bits per heavy atom. The van der Waals surface area contributed by atoms with Gasteiger partial charge in [0.1, 0.15) is 11.6 Å². The van der Waals surface area contributed by atoms with Crippen LogP contribution in [-0.2, 0) is 12.3 Å². The van der Waals surface area contributed by atoms with Crippen LogP contribution in [0.25, 0.3) is 0 Å². The Morgan fingerprint density at radius 1 is 1.21 bits per heavy atom. The molecule has 0 bridgehead atoms. The van der Waals surface area contributed by atoms with Gasteiger partial charge in [0.15, 0.2) is 10.9 Å². The van der Waals surface area contributed by atoms with Gasteiger partial charge in [0.05, 0.1) is 18.3 Å². The molecule has 8 heteroatoms. The molecule has 1 amide bonds. The molecule has 2 aromatic carbocycles. The normalized spacial score (nSPS) is 10.5. The minimum Gasteiger partial charge on any atom is -0.497 e. The molecule has 5 nitrogen and oxygen atoms in total. The average molecular weight is 418 g/mol. The number of ether oxygens (including phenoxy) is 1. The van der Waals surface area contributed by atoms with Crippen molar-refractivity contribution in [3.63, 3.8) is 0 Å². The van der Waals surface area contributed by atoms with Crippen LogP contribution < -0.4 is 10.1 Å². The van der Waals surface area contributed by atoms with E-state index in [0.717, 1.165) is 11.3 Å². The fourth-order valence-corrected chi connectivity index (χ4v) is 3.33. The summed E-state index contributed by atoms with van der Waals surface area (Å²) in [5, 5.41) is 3.28. The van der Waals surface area contributed by atoms with Crippen LogP contribution >= 0.6 is 23.4 Å². The van der Waals surface area contributed by atoms with Gasteiger partial charge in [0.2, 0.25) is 0 Å². The lowest BCUT2D eigenvalue weighted by Crippen LogP contribution is -2.24. The lowest BCUT2D eigenvalue weighted by atomic mass is 10.2. The number of aromatic nitrogens is 2. The van der Waals surface area contributed by atoms with E-state index in [4.69, 9.17) is 16.3 Å². The Morgan fingerprint density at radius 3 is 2.68 bits per heavy atom. The van der Waals surface area contributed by atoms with Crippen LogP contribution in [0.2, 0.25) is 5.02 Å².